The molecular formula is C21H21N5O. The van der Waals surface area contributed by atoms with Gasteiger partial charge in [0, 0.05) is 36.4 Å². The summed E-state index contributed by atoms with van der Waals surface area (Å²) in [6.45, 7) is 2.74. The Balaban J connectivity index is 1.55. The van der Waals surface area contributed by atoms with Gasteiger partial charge in [-0.2, -0.15) is 0 Å². The highest BCUT2D eigenvalue weighted by Gasteiger charge is 2.31. The van der Waals surface area contributed by atoms with Crippen LogP contribution in [0.1, 0.15) is 30.3 Å². The number of pyridine rings is 1. The lowest BCUT2D eigenvalue weighted by Gasteiger charge is -2.24. The van der Waals surface area contributed by atoms with Crippen LogP contribution >= 0.6 is 0 Å². The molecule has 1 aromatic carbocycles. The summed E-state index contributed by atoms with van der Waals surface area (Å²) in [5.74, 6) is 0.697. The molecule has 1 atom stereocenters. The van der Waals surface area contributed by atoms with Crippen LogP contribution in [0.4, 0.5) is 10.5 Å². The Hall–Kier alpha value is -3.28. The van der Waals surface area contributed by atoms with E-state index in [0.717, 1.165) is 35.3 Å². The molecule has 6 heteroatoms. The van der Waals surface area contributed by atoms with Crippen LogP contribution in [0.5, 0.6) is 0 Å². The standard InChI is InChI=1S/C21H21N5O/c1-15-8-9-16(14-17(15)18-6-2-3-10-22-18)25-21(27)26-13-4-7-19(26)20-23-11-5-12-24-20/h2-3,5-6,8-12,14,19H,4,7,13H2,1H3,(H,25,27)/t19-/m1/s1. The first-order valence-corrected chi connectivity index (χ1v) is 9.09. The van der Waals surface area contributed by atoms with Gasteiger partial charge in [0.05, 0.1) is 11.7 Å². The van der Waals surface area contributed by atoms with E-state index in [1.54, 1.807) is 24.7 Å². The van der Waals surface area contributed by atoms with Gasteiger partial charge in [-0.05, 0) is 55.7 Å². The van der Waals surface area contributed by atoms with Gasteiger partial charge in [0.15, 0.2) is 5.82 Å². The van der Waals surface area contributed by atoms with E-state index in [0.29, 0.717) is 12.4 Å². The van der Waals surface area contributed by atoms with Crippen molar-refractivity contribution in [2.75, 3.05) is 11.9 Å². The molecule has 0 spiro atoms. The summed E-state index contributed by atoms with van der Waals surface area (Å²) in [5.41, 5.74) is 3.77. The van der Waals surface area contributed by atoms with Crippen LogP contribution in [0.15, 0.2) is 61.1 Å². The molecule has 2 amide bonds. The molecular weight excluding hydrogens is 338 g/mol. The first kappa shape index (κ1) is 17.1. The Morgan fingerprint density at radius 2 is 1.89 bits per heavy atom. The van der Waals surface area contributed by atoms with Crippen LogP contribution in [-0.4, -0.2) is 32.4 Å². The van der Waals surface area contributed by atoms with Crippen LogP contribution in [0.3, 0.4) is 0 Å². The number of hydrogen-bond acceptors (Lipinski definition) is 4. The van der Waals surface area contributed by atoms with E-state index in [1.807, 2.05) is 48.2 Å². The molecule has 0 radical (unpaired) electrons. The summed E-state index contributed by atoms with van der Waals surface area (Å²) in [7, 11) is 0. The maximum atomic E-state index is 12.9. The summed E-state index contributed by atoms with van der Waals surface area (Å²) in [5, 5.41) is 3.02. The van der Waals surface area contributed by atoms with Crippen LogP contribution in [0, 0.1) is 6.92 Å². The van der Waals surface area contributed by atoms with Crippen molar-refractivity contribution >= 4 is 11.7 Å². The number of hydrogen-bond donors (Lipinski definition) is 1. The largest absolute Gasteiger partial charge is 0.322 e. The summed E-state index contributed by atoms with van der Waals surface area (Å²) in [6.07, 6.45) is 7.04. The van der Waals surface area contributed by atoms with Crippen molar-refractivity contribution in [3.05, 3.63) is 72.4 Å². The molecule has 0 unspecified atom stereocenters. The maximum Gasteiger partial charge on any atom is 0.322 e. The topological polar surface area (TPSA) is 71.0 Å². The lowest BCUT2D eigenvalue weighted by molar-refractivity contribution is 0.205. The van der Waals surface area contributed by atoms with E-state index in [-0.39, 0.29) is 12.1 Å². The number of urea groups is 1. The number of carbonyl (C=O) groups is 1. The molecule has 1 N–H and O–H groups in total. The van der Waals surface area contributed by atoms with Crippen molar-refractivity contribution in [2.45, 2.75) is 25.8 Å². The number of rotatable bonds is 3. The Morgan fingerprint density at radius 1 is 1.07 bits per heavy atom. The monoisotopic (exact) mass is 359 g/mol. The van der Waals surface area contributed by atoms with Gasteiger partial charge >= 0.3 is 6.03 Å². The Bertz CT molecular complexity index is 930. The van der Waals surface area contributed by atoms with Crippen molar-refractivity contribution in [3.63, 3.8) is 0 Å². The zero-order valence-electron chi connectivity index (χ0n) is 15.2. The maximum absolute atomic E-state index is 12.9. The van der Waals surface area contributed by atoms with Crippen molar-refractivity contribution in [2.24, 2.45) is 0 Å². The van der Waals surface area contributed by atoms with Crippen molar-refractivity contribution in [1.29, 1.82) is 0 Å². The summed E-state index contributed by atoms with van der Waals surface area (Å²) >= 11 is 0. The average molecular weight is 359 g/mol. The fraction of sp³-hybridized carbons (Fsp3) is 0.238. The fourth-order valence-corrected chi connectivity index (χ4v) is 3.45. The predicted octanol–water partition coefficient (Wildman–Crippen LogP) is 4.22. The summed E-state index contributed by atoms with van der Waals surface area (Å²) < 4.78 is 0. The molecule has 0 aliphatic carbocycles. The number of carbonyl (C=O) groups excluding carboxylic acids is 1. The summed E-state index contributed by atoms with van der Waals surface area (Å²) in [4.78, 5) is 27.8. The third-order valence-electron chi connectivity index (χ3n) is 4.83. The number of anilines is 1. The molecule has 2 aromatic heterocycles. The molecule has 3 heterocycles. The minimum absolute atomic E-state index is 0.0769. The first-order valence-electron chi connectivity index (χ1n) is 9.09. The molecule has 3 aromatic rings. The minimum atomic E-state index is -0.124. The molecule has 136 valence electrons. The van der Waals surface area contributed by atoms with Gasteiger partial charge in [0.25, 0.3) is 0 Å². The number of nitrogens with zero attached hydrogens (tertiary/aromatic N) is 4. The number of aromatic nitrogens is 3. The number of nitrogens with one attached hydrogen (secondary N) is 1. The van der Waals surface area contributed by atoms with E-state index in [9.17, 15) is 4.79 Å². The van der Waals surface area contributed by atoms with E-state index in [2.05, 4.69) is 20.3 Å². The van der Waals surface area contributed by atoms with E-state index in [4.69, 9.17) is 0 Å². The van der Waals surface area contributed by atoms with Gasteiger partial charge in [-0.3, -0.25) is 4.98 Å². The van der Waals surface area contributed by atoms with Crippen LogP contribution in [0.2, 0.25) is 0 Å². The van der Waals surface area contributed by atoms with E-state index < -0.39 is 0 Å². The van der Waals surface area contributed by atoms with Gasteiger partial charge in [0.1, 0.15) is 0 Å². The lowest BCUT2D eigenvalue weighted by atomic mass is 10.0. The minimum Gasteiger partial charge on any atom is -0.314 e. The van der Waals surface area contributed by atoms with Gasteiger partial charge in [0.2, 0.25) is 0 Å². The van der Waals surface area contributed by atoms with Gasteiger partial charge in [-0.15, -0.1) is 0 Å². The molecule has 1 fully saturated rings. The highest BCUT2D eigenvalue weighted by Crippen LogP contribution is 2.31. The zero-order chi connectivity index (χ0) is 18.6. The van der Waals surface area contributed by atoms with E-state index in [1.165, 1.54) is 0 Å². The summed E-state index contributed by atoms with van der Waals surface area (Å²) in [6, 6.07) is 13.3. The quantitative estimate of drug-likeness (QED) is 0.760. The first-order chi connectivity index (χ1) is 13.2. The van der Waals surface area contributed by atoms with Gasteiger partial charge in [-0.25, -0.2) is 14.8 Å². The lowest BCUT2D eigenvalue weighted by Crippen LogP contribution is -2.35. The molecule has 6 nitrogen and oxygen atoms in total. The third kappa shape index (κ3) is 3.65. The highest BCUT2D eigenvalue weighted by molar-refractivity contribution is 5.90. The Kier molecular flexibility index (Phi) is 4.78. The second-order valence-electron chi connectivity index (χ2n) is 6.63. The second kappa shape index (κ2) is 7.53. The molecule has 0 saturated carbocycles. The average Bonchev–Trinajstić information content (AvgIpc) is 3.21. The van der Waals surface area contributed by atoms with Crippen LogP contribution in [-0.2, 0) is 0 Å². The van der Waals surface area contributed by atoms with Crippen LogP contribution in [0.25, 0.3) is 11.3 Å². The predicted molar refractivity (Wildman–Crippen MR) is 104 cm³/mol. The Morgan fingerprint density at radius 3 is 2.67 bits per heavy atom. The zero-order valence-corrected chi connectivity index (χ0v) is 15.2. The number of amides is 2. The smallest absolute Gasteiger partial charge is 0.314 e. The molecule has 0 bridgehead atoms. The fourth-order valence-electron chi connectivity index (χ4n) is 3.45. The van der Waals surface area contributed by atoms with Gasteiger partial charge in [-0.1, -0.05) is 12.1 Å². The molecule has 1 aliphatic rings. The normalized spacial score (nSPS) is 16.3. The van der Waals surface area contributed by atoms with Gasteiger partial charge < -0.3 is 10.2 Å². The molecule has 27 heavy (non-hydrogen) atoms. The van der Waals surface area contributed by atoms with Crippen LogP contribution < -0.4 is 5.32 Å². The van der Waals surface area contributed by atoms with Crippen molar-refractivity contribution in [1.82, 2.24) is 19.9 Å². The van der Waals surface area contributed by atoms with E-state index >= 15 is 0 Å². The third-order valence-corrected chi connectivity index (χ3v) is 4.83. The number of benzene rings is 1. The number of aryl methyl sites for hydroxylation is 1. The van der Waals surface area contributed by atoms with Crippen molar-refractivity contribution in [3.8, 4) is 11.3 Å². The van der Waals surface area contributed by atoms with Crippen molar-refractivity contribution < 1.29 is 4.79 Å². The molecule has 1 aliphatic heterocycles. The molecule has 4 rings (SSSR count). The Labute approximate surface area is 158 Å². The highest BCUT2D eigenvalue weighted by atomic mass is 16.2. The molecule has 1 saturated heterocycles. The second-order valence-corrected chi connectivity index (χ2v) is 6.63. The number of likely N-dealkylation sites (tertiary alicyclic amines) is 1. The SMILES string of the molecule is Cc1ccc(NC(=O)N2CCC[C@@H]2c2ncccn2)cc1-c1ccccn1.